The fourth-order valence-electron chi connectivity index (χ4n) is 1.95. The zero-order valence-electron chi connectivity index (χ0n) is 10.6. The molecule has 0 radical (unpaired) electrons. The van der Waals surface area contributed by atoms with Crippen molar-refractivity contribution >= 4 is 5.82 Å². The van der Waals surface area contributed by atoms with Crippen LogP contribution in [0.3, 0.4) is 0 Å². The Morgan fingerprint density at radius 1 is 1.00 bits per heavy atom. The normalized spacial score (nSPS) is 10.6. The van der Waals surface area contributed by atoms with Gasteiger partial charge in [-0.25, -0.2) is 4.68 Å². The third kappa shape index (κ3) is 2.20. The first kappa shape index (κ1) is 11.5. The fraction of sp³-hybridized carbons (Fsp3) is 0.0667. The first-order chi connectivity index (χ1) is 9.24. The van der Waals surface area contributed by atoms with E-state index in [9.17, 15) is 0 Å². The minimum atomic E-state index is 0.613. The molecule has 3 rings (SSSR count). The first-order valence-electron chi connectivity index (χ1n) is 6.07. The van der Waals surface area contributed by atoms with Crippen LogP contribution in [0, 0.1) is 6.92 Å². The Balaban J connectivity index is 2.04. The standard InChI is InChI=1S/C15H14N4/c1-11-2-4-12(5-3-11)14-10-15(16)19(18-14)13-6-8-17-9-7-13/h2-10H,16H2,1H3. The molecule has 0 saturated heterocycles. The van der Waals surface area contributed by atoms with E-state index in [1.807, 2.05) is 30.3 Å². The molecule has 3 aromatic rings. The third-order valence-corrected chi connectivity index (χ3v) is 2.99. The molecule has 0 fully saturated rings. The van der Waals surface area contributed by atoms with Crippen molar-refractivity contribution in [1.82, 2.24) is 14.8 Å². The van der Waals surface area contributed by atoms with E-state index >= 15 is 0 Å². The summed E-state index contributed by atoms with van der Waals surface area (Å²) in [4.78, 5) is 3.99. The molecule has 0 saturated carbocycles. The third-order valence-electron chi connectivity index (χ3n) is 2.99. The smallest absolute Gasteiger partial charge is 0.127 e. The quantitative estimate of drug-likeness (QED) is 0.760. The summed E-state index contributed by atoms with van der Waals surface area (Å²) in [6, 6.07) is 13.9. The van der Waals surface area contributed by atoms with Crippen LogP contribution in [0.2, 0.25) is 0 Å². The first-order valence-corrected chi connectivity index (χ1v) is 6.07. The minimum absolute atomic E-state index is 0.613. The van der Waals surface area contributed by atoms with Gasteiger partial charge in [0.15, 0.2) is 0 Å². The van der Waals surface area contributed by atoms with Crippen LogP contribution in [0.15, 0.2) is 54.9 Å². The maximum Gasteiger partial charge on any atom is 0.127 e. The molecule has 2 aromatic heterocycles. The number of aryl methyl sites for hydroxylation is 1. The molecular formula is C15H14N4. The largest absolute Gasteiger partial charge is 0.384 e. The molecule has 1 aromatic carbocycles. The zero-order valence-corrected chi connectivity index (χ0v) is 10.6. The van der Waals surface area contributed by atoms with Crippen LogP contribution in [0.25, 0.3) is 16.9 Å². The van der Waals surface area contributed by atoms with Gasteiger partial charge in [-0.15, -0.1) is 0 Å². The highest BCUT2D eigenvalue weighted by atomic mass is 15.3. The lowest BCUT2D eigenvalue weighted by Crippen LogP contribution is -2.01. The number of nitrogens with zero attached hydrogens (tertiary/aromatic N) is 3. The molecule has 0 aliphatic rings. The highest BCUT2D eigenvalue weighted by Gasteiger charge is 2.08. The number of hydrogen-bond acceptors (Lipinski definition) is 3. The summed E-state index contributed by atoms with van der Waals surface area (Å²) in [5.41, 5.74) is 10.1. The van der Waals surface area contributed by atoms with Gasteiger partial charge in [0.1, 0.15) is 5.82 Å². The van der Waals surface area contributed by atoms with Gasteiger partial charge < -0.3 is 5.73 Å². The van der Waals surface area contributed by atoms with Crippen LogP contribution in [-0.4, -0.2) is 14.8 Å². The Kier molecular flexibility index (Phi) is 2.76. The molecule has 94 valence electrons. The summed E-state index contributed by atoms with van der Waals surface area (Å²) < 4.78 is 1.72. The molecule has 19 heavy (non-hydrogen) atoms. The van der Waals surface area contributed by atoms with Crippen LogP contribution in [0.1, 0.15) is 5.56 Å². The second-order valence-corrected chi connectivity index (χ2v) is 4.44. The molecular weight excluding hydrogens is 236 g/mol. The van der Waals surface area contributed by atoms with Gasteiger partial charge in [0.25, 0.3) is 0 Å². The lowest BCUT2D eigenvalue weighted by molar-refractivity contribution is 0.892. The predicted molar refractivity (Wildman–Crippen MR) is 75.9 cm³/mol. The van der Waals surface area contributed by atoms with Gasteiger partial charge in [0.05, 0.1) is 11.4 Å². The Morgan fingerprint density at radius 2 is 1.68 bits per heavy atom. The van der Waals surface area contributed by atoms with E-state index in [0.717, 1.165) is 16.9 Å². The van der Waals surface area contributed by atoms with Gasteiger partial charge >= 0.3 is 0 Å². The van der Waals surface area contributed by atoms with Gasteiger partial charge in [-0.05, 0) is 19.1 Å². The SMILES string of the molecule is Cc1ccc(-c2cc(N)n(-c3ccncc3)n2)cc1. The molecule has 0 amide bonds. The van der Waals surface area contributed by atoms with Gasteiger partial charge in [0, 0.05) is 24.0 Å². The number of pyridine rings is 1. The molecule has 0 unspecified atom stereocenters. The average molecular weight is 250 g/mol. The average Bonchev–Trinajstić information content (AvgIpc) is 2.83. The Bertz CT molecular complexity index is 684. The van der Waals surface area contributed by atoms with Crippen molar-refractivity contribution in [3.8, 4) is 16.9 Å². The van der Waals surface area contributed by atoms with E-state index < -0.39 is 0 Å². The van der Waals surface area contributed by atoms with E-state index in [1.165, 1.54) is 5.56 Å². The van der Waals surface area contributed by atoms with Gasteiger partial charge in [0.2, 0.25) is 0 Å². The van der Waals surface area contributed by atoms with Crippen molar-refractivity contribution in [2.24, 2.45) is 0 Å². The lowest BCUT2D eigenvalue weighted by atomic mass is 10.1. The van der Waals surface area contributed by atoms with E-state index in [-0.39, 0.29) is 0 Å². The second kappa shape index (κ2) is 4.57. The van der Waals surface area contributed by atoms with Crippen LogP contribution in [0.5, 0.6) is 0 Å². The van der Waals surface area contributed by atoms with E-state index in [0.29, 0.717) is 5.82 Å². The van der Waals surface area contributed by atoms with E-state index in [2.05, 4.69) is 29.1 Å². The van der Waals surface area contributed by atoms with Crippen LogP contribution in [-0.2, 0) is 0 Å². The fourth-order valence-corrected chi connectivity index (χ4v) is 1.95. The number of aromatic nitrogens is 3. The van der Waals surface area contributed by atoms with Crippen molar-refractivity contribution in [1.29, 1.82) is 0 Å². The van der Waals surface area contributed by atoms with E-state index in [4.69, 9.17) is 5.73 Å². The summed E-state index contributed by atoms with van der Waals surface area (Å²) >= 11 is 0. The Labute approximate surface area is 111 Å². The van der Waals surface area contributed by atoms with Crippen molar-refractivity contribution in [2.45, 2.75) is 6.92 Å². The van der Waals surface area contributed by atoms with Gasteiger partial charge in [-0.2, -0.15) is 5.10 Å². The minimum Gasteiger partial charge on any atom is -0.384 e. The Morgan fingerprint density at radius 3 is 2.37 bits per heavy atom. The number of rotatable bonds is 2. The molecule has 4 nitrogen and oxygen atoms in total. The molecule has 0 bridgehead atoms. The van der Waals surface area contributed by atoms with Crippen molar-refractivity contribution in [3.05, 3.63) is 60.4 Å². The predicted octanol–water partition coefficient (Wildman–Crippen LogP) is 2.82. The molecule has 0 aliphatic heterocycles. The molecule has 0 spiro atoms. The van der Waals surface area contributed by atoms with Crippen molar-refractivity contribution < 1.29 is 0 Å². The van der Waals surface area contributed by atoms with Gasteiger partial charge in [-0.3, -0.25) is 4.98 Å². The highest BCUT2D eigenvalue weighted by molar-refractivity contribution is 5.63. The van der Waals surface area contributed by atoms with Gasteiger partial charge in [-0.1, -0.05) is 29.8 Å². The summed E-state index contributed by atoms with van der Waals surface area (Å²) in [5.74, 6) is 0.613. The number of nitrogen functional groups attached to an aromatic ring is 1. The lowest BCUT2D eigenvalue weighted by Gasteiger charge is -2.02. The molecule has 4 heteroatoms. The molecule has 0 aliphatic carbocycles. The summed E-state index contributed by atoms with van der Waals surface area (Å²) in [5, 5.41) is 4.54. The number of hydrogen-bond donors (Lipinski definition) is 1. The molecule has 2 heterocycles. The summed E-state index contributed by atoms with van der Waals surface area (Å²) in [6.07, 6.45) is 3.45. The van der Waals surface area contributed by atoms with E-state index in [1.54, 1.807) is 17.1 Å². The van der Waals surface area contributed by atoms with Crippen LogP contribution >= 0.6 is 0 Å². The maximum absolute atomic E-state index is 6.02. The second-order valence-electron chi connectivity index (χ2n) is 4.44. The molecule has 0 atom stereocenters. The zero-order chi connectivity index (χ0) is 13.2. The summed E-state index contributed by atoms with van der Waals surface area (Å²) in [6.45, 7) is 2.06. The Hall–Kier alpha value is -2.62. The van der Waals surface area contributed by atoms with Crippen LogP contribution in [0.4, 0.5) is 5.82 Å². The van der Waals surface area contributed by atoms with Crippen molar-refractivity contribution in [2.75, 3.05) is 5.73 Å². The highest BCUT2D eigenvalue weighted by Crippen LogP contribution is 2.22. The molecule has 2 N–H and O–H groups in total. The summed E-state index contributed by atoms with van der Waals surface area (Å²) in [7, 11) is 0. The maximum atomic E-state index is 6.02. The number of anilines is 1. The number of nitrogens with two attached hydrogens (primary N) is 1. The van der Waals surface area contributed by atoms with Crippen molar-refractivity contribution in [3.63, 3.8) is 0 Å². The topological polar surface area (TPSA) is 56.7 Å². The van der Waals surface area contributed by atoms with Crippen LogP contribution < -0.4 is 5.73 Å². The monoisotopic (exact) mass is 250 g/mol. The number of benzene rings is 1.